The van der Waals surface area contributed by atoms with Crippen LogP contribution in [0, 0.1) is 0 Å². The molecule has 0 saturated heterocycles. The van der Waals surface area contributed by atoms with Crippen molar-refractivity contribution in [2.75, 3.05) is 17.2 Å². The average molecular weight is 352 g/mol. The first-order valence-corrected chi connectivity index (χ1v) is 9.41. The van der Waals surface area contributed by atoms with Gasteiger partial charge in [-0.3, -0.25) is 4.79 Å². The summed E-state index contributed by atoms with van der Waals surface area (Å²) in [5.41, 5.74) is 1.31. The topological polar surface area (TPSA) is 54.5 Å². The van der Waals surface area contributed by atoms with Gasteiger partial charge in [-0.15, -0.1) is 0 Å². The Morgan fingerprint density at radius 3 is 2.22 bits per heavy atom. The average Bonchev–Trinajstić information content (AvgIpc) is 2.50. The molecular weight excluding hydrogens is 334 g/mol. The van der Waals surface area contributed by atoms with Crippen LogP contribution in [-0.4, -0.2) is 26.6 Å². The second-order valence-electron chi connectivity index (χ2n) is 5.13. The third-order valence-corrected chi connectivity index (χ3v) is 5.04. The summed E-state index contributed by atoms with van der Waals surface area (Å²) < 4.78 is 24.5. The summed E-state index contributed by atoms with van der Waals surface area (Å²) in [5, 5.41) is 0.545. The van der Waals surface area contributed by atoms with E-state index in [1.54, 1.807) is 36.4 Å². The Morgan fingerprint density at radius 1 is 1.04 bits per heavy atom. The molecule has 0 fully saturated rings. The lowest BCUT2D eigenvalue weighted by molar-refractivity contribution is -0.116. The maximum atomic E-state index is 12.4. The molecule has 0 atom stereocenters. The Bertz CT molecular complexity index is 758. The predicted octanol–water partition coefficient (Wildman–Crippen LogP) is 3.31. The van der Waals surface area contributed by atoms with Gasteiger partial charge in [-0.05, 0) is 36.8 Å². The Balaban J connectivity index is 2.09. The number of hydrogen-bond donors (Lipinski definition) is 0. The summed E-state index contributed by atoms with van der Waals surface area (Å²) in [4.78, 5) is 13.8. The first kappa shape index (κ1) is 17.5. The molecule has 122 valence electrons. The molecule has 0 bridgehead atoms. The molecule has 0 aromatic heterocycles. The second-order valence-corrected chi connectivity index (χ2v) is 7.63. The molecule has 0 N–H and O–H groups in total. The number of sulfone groups is 1. The first-order chi connectivity index (χ1) is 10.9. The standard InChI is InChI=1S/C17H18ClNO3S/c1-2-19(16-6-4-3-5-7-16)17(20)13-23(21,22)12-14-8-10-15(18)11-9-14/h3-11H,2,12-13H2,1H3. The number of amides is 1. The molecule has 0 radical (unpaired) electrons. The first-order valence-electron chi connectivity index (χ1n) is 7.21. The summed E-state index contributed by atoms with van der Waals surface area (Å²) in [5.74, 6) is -1.12. The van der Waals surface area contributed by atoms with E-state index < -0.39 is 21.5 Å². The van der Waals surface area contributed by atoms with Crippen molar-refractivity contribution in [2.24, 2.45) is 0 Å². The van der Waals surface area contributed by atoms with Crippen LogP contribution in [-0.2, 0) is 20.4 Å². The van der Waals surface area contributed by atoms with E-state index in [1.165, 1.54) is 4.90 Å². The quantitative estimate of drug-likeness (QED) is 0.802. The van der Waals surface area contributed by atoms with E-state index in [-0.39, 0.29) is 5.75 Å². The highest BCUT2D eigenvalue weighted by atomic mass is 35.5. The number of hydrogen-bond acceptors (Lipinski definition) is 3. The van der Waals surface area contributed by atoms with Crippen molar-refractivity contribution in [3.63, 3.8) is 0 Å². The molecule has 1 amide bonds. The molecule has 2 aromatic carbocycles. The zero-order chi connectivity index (χ0) is 16.9. The van der Waals surface area contributed by atoms with Gasteiger partial charge in [0, 0.05) is 17.3 Å². The highest BCUT2D eigenvalue weighted by Crippen LogP contribution is 2.16. The Labute approximate surface area is 141 Å². The lowest BCUT2D eigenvalue weighted by Gasteiger charge is -2.21. The van der Waals surface area contributed by atoms with Crippen LogP contribution in [0.5, 0.6) is 0 Å². The van der Waals surface area contributed by atoms with Gasteiger partial charge in [-0.25, -0.2) is 8.42 Å². The lowest BCUT2D eigenvalue weighted by atomic mass is 10.2. The third kappa shape index (κ3) is 5.08. The third-order valence-electron chi connectivity index (χ3n) is 3.33. The fourth-order valence-electron chi connectivity index (χ4n) is 2.26. The van der Waals surface area contributed by atoms with Crippen LogP contribution in [0.1, 0.15) is 12.5 Å². The monoisotopic (exact) mass is 351 g/mol. The maximum Gasteiger partial charge on any atom is 0.242 e. The molecular formula is C17H18ClNO3S. The van der Waals surface area contributed by atoms with Crippen molar-refractivity contribution in [3.05, 3.63) is 65.2 Å². The van der Waals surface area contributed by atoms with Gasteiger partial charge in [-0.1, -0.05) is 41.9 Å². The molecule has 2 rings (SSSR count). The number of carbonyl (C=O) groups is 1. The Morgan fingerprint density at radius 2 is 1.65 bits per heavy atom. The van der Waals surface area contributed by atoms with E-state index in [2.05, 4.69) is 0 Å². The molecule has 0 unspecified atom stereocenters. The van der Waals surface area contributed by atoms with E-state index in [0.717, 1.165) is 0 Å². The van der Waals surface area contributed by atoms with Crippen LogP contribution in [0.3, 0.4) is 0 Å². The minimum absolute atomic E-state index is 0.178. The van der Waals surface area contributed by atoms with E-state index >= 15 is 0 Å². The number of carbonyl (C=O) groups excluding carboxylic acids is 1. The van der Waals surface area contributed by atoms with Gasteiger partial charge in [0.05, 0.1) is 5.75 Å². The van der Waals surface area contributed by atoms with Crippen LogP contribution in [0.25, 0.3) is 0 Å². The number of nitrogens with zero attached hydrogens (tertiary/aromatic N) is 1. The minimum Gasteiger partial charge on any atom is -0.312 e. The number of rotatable bonds is 6. The number of para-hydroxylation sites is 1. The Hall–Kier alpha value is -1.85. The van der Waals surface area contributed by atoms with Gasteiger partial charge in [0.2, 0.25) is 5.91 Å². The summed E-state index contributed by atoms with van der Waals surface area (Å²) in [6, 6.07) is 15.6. The molecule has 2 aromatic rings. The largest absolute Gasteiger partial charge is 0.312 e. The number of halogens is 1. The van der Waals surface area contributed by atoms with Gasteiger partial charge in [0.15, 0.2) is 9.84 Å². The molecule has 0 aliphatic rings. The van der Waals surface area contributed by atoms with Gasteiger partial charge < -0.3 is 4.90 Å². The summed E-state index contributed by atoms with van der Waals surface area (Å²) in [6.07, 6.45) is 0. The van der Waals surface area contributed by atoms with E-state index in [0.29, 0.717) is 22.8 Å². The highest BCUT2D eigenvalue weighted by molar-refractivity contribution is 7.91. The zero-order valence-electron chi connectivity index (χ0n) is 12.8. The van der Waals surface area contributed by atoms with E-state index in [1.807, 2.05) is 25.1 Å². The van der Waals surface area contributed by atoms with Crippen LogP contribution < -0.4 is 4.90 Å². The van der Waals surface area contributed by atoms with E-state index in [4.69, 9.17) is 11.6 Å². The second kappa shape index (κ2) is 7.62. The maximum absolute atomic E-state index is 12.4. The van der Waals surface area contributed by atoms with Gasteiger partial charge in [-0.2, -0.15) is 0 Å². The fourth-order valence-corrected chi connectivity index (χ4v) is 3.72. The van der Waals surface area contributed by atoms with Crippen molar-refractivity contribution < 1.29 is 13.2 Å². The summed E-state index contributed by atoms with van der Waals surface area (Å²) >= 11 is 5.79. The molecule has 0 spiro atoms. The SMILES string of the molecule is CCN(C(=O)CS(=O)(=O)Cc1ccc(Cl)cc1)c1ccccc1. The van der Waals surface area contributed by atoms with Crippen molar-refractivity contribution in [2.45, 2.75) is 12.7 Å². The molecule has 0 aliphatic heterocycles. The van der Waals surface area contributed by atoms with Crippen molar-refractivity contribution >= 4 is 33.0 Å². The van der Waals surface area contributed by atoms with Crippen LogP contribution in [0.2, 0.25) is 5.02 Å². The van der Waals surface area contributed by atoms with Crippen molar-refractivity contribution in [3.8, 4) is 0 Å². The highest BCUT2D eigenvalue weighted by Gasteiger charge is 2.22. The molecule has 4 nitrogen and oxygen atoms in total. The van der Waals surface area contributed by atoms with Gasteiger partial charge in [0.25, 0.3) is 0 Å². The predicted molar refractivity (Wildman–Crippen MR) is 93.4 cm³/mol. The van der Waals surface area contributed by atoms with Crippen LogP contribution in [0.15, 0.2) is 54.6 Å². The molecule has 0 saturated carbocycles. The Kier molecular flexibility index (Phi) is 5.80. The smallest absolute Gasteiger partial charge is 0.242 e. The van der Waals surface area contributed by atoms with Crippen LogP contribution in [0.4, 0.5) is 5.69 Å². The minimum atomic E-state index is -3.54. The molecule has 0 heterocycles. The van der Waals surface area contributed by atoms with Crippen molar-refractivity contribution in [1.82, 2.24) is 0 Å². The lowest BCUT2D eigenvalue weighted by Crippen LogP contribution is -2.36. The zero-order valence-corrected chi connectivity index (χ0v) is 14.3. The molecule has 6 heteroatoms. The number of anilines is 1. The van der Waals surface area contributed by atoms with E-state index in [9.17, 15) is 13.2 Å². The normalized spacial score (nSPS) is 11.2. The summed E-state index contributed by atoms with van der Waals surface area (Å²) in [7, 11) is -3.54. The van der Waals surface area contributed by atoms with Gasteiger partial charge >= 0.3 is 0 Å². The van der Waals surface area contributed by atoms with Crippen LogP contribution >= 0.6 is 11.6 Å². The van der Waals surface area contributed by atoms with Gasteiger partial charge in [0.1, 0.15) is 5.75 Å². The molecule has 0 aliphatic carbocycles. The number of benzene rings is 2. The summed E-state index contributed by atoms with van der Waals surface area (Å²) in [6.45, 7) is 2.23. The molecule has 23 heavy (non-hydrogen) atoms. The van der Waals surface area contributed by atoms with Crippen molar-refractivity contribution in [1.29, 1.82) is 0 Å². The fraction of sp³-hybridized carbons (Fsp3) is 0.235.